The summed E-state index contributed by atoms with van der Waals surface area (Å²) in [7, 11) is 0. The van der Waals surface area contributed by atoms with E-state index >= 15 is 0 Å². The smallest absolute Gasteiger partial charge is 0.0666 e. The van der Waals surface area contributed by atoms with E-state index in [1.54, 1.807) is 0 Å². The van der Waals surface area contributed by atoms with Gasteiger partial charge in [-0.3, -0.25) is 0 Å². The van der Waals surface area contributed by atoms with Crippen molar-refractivity contribution in [3.63, 3.8) is 0 Å². The second kappa shape index (κ2) is 4.78. The first-order chi connectivity index (χ1) is 7.31. The lowest BCUT2D eigenvalue weighted by Gasteiger charge is -2.17. The Bertz CT molecular complexity index is 335. The van der Waals surface area contributed by atoms with E-state index in [4.69, 9.17) is 5.26 Å². The van der Waals surface area contributed by atoms with Crippen molar-refractivity contribution in [3.8, 4) is 6.07 Å². The van der Waals surface area contributed by atoms with E-state index in [-0.39, 0.29) is 5.92 Å². The van der Waals surface area contributed by atoms with Crippen LogP contribution in [0.2, 0.25) is 0 Å². The summed E-state index contributed by atoms with van der Waals surface area (Å²) < 4.78 is 0. The highest BCUT2D eigenvalue weighted by molar-refractivity contribution is 7.10. The fourth-order valence-electron chi connectivity index (χ4n) is 1.75. The molecule has 0 aromatic carbocycles. The number of nitriles is 1. The Morgan fingerprint density at radius 1 is 1.67 bits per heavy atom. The van der Waals surface area contributed by atoms with Crippen LogP contribution in [0.4, 0.5) is 0 Å². The first-order valence-electron chi connectivity index (χ1n) is 5.47. The zero-order valence-electron chi connectivity index (χ0n) is 8.94. The van der Waals surface area contributed by atoms with Gasteiger partial charge in [0.1, 0.15) is 0 Å². The van der Waals surface area contributed by atoms with Gasteiger partial charge in [-0.2, -0.15) is 5.26 Å². The number of hydrogen-bond donors (Lipinski definition) is 1. The molecule has 0 radical (unpaired) electrons. The summed E-state index contributed by atoms with van der Waals surface area (Å²) in [5, 5.41) is 14.4. The molecule has 2 unspecified atom stereocenters. The molecule has 1 aliphatic rings. The van der Waals surface area contributed by atoms with Crippen molar-refractivity contribution in [2.24, 2.45) is 11.8 Å². The van der Waals surface area contributed by atoms with Crippen molar-refractivity contribution >= 4 is 11.3 Å². The fraction of sp³-hybridized carbons (Fsp3) is 0.583. The van der Waals surface area contributed by atoms with Crippen molar-refractivity contribution in [2.75, 3.05) is 6.54 Å². The van der Waals surface area contributed by atoms with Gasteiger partial charge in [0.2, 0.25) is 0 Å². The van der Waals surface area contributed by atoms with Gasteiger partial charge in [-0.1, -0.05) is 6.07 Å². The van der Waals surface area contributed by atoms with E-state index in [9.17, 15) is 0 Å². The molecule has 1 N–H and O–H groups in total. The van der Waals surface area contributed by atoms with E-state index in [0.717, 1.165) is 12.5 Å². The monoisotopic (exact) mass is 220 g/mol. The van der Waals surface area contributed by atoms with Crippen molar-refractivity contribution < 1.29 is 0 Å². The lowest BCUT2D eigenvalue weighted by atomic mass is 10.1. The molecular formula is C12H16N2S. The molecule has 0 aliphatic heterocycles. The molecule has 2 atom stereocenters. The van der Waals surface area contributed by atoms with Crippen LogP contribution in [0.15, 0.2) is 17.5 Å². The van der Waals surface area contributed by atoms with Crippen LogP contribution < -0.4 is 5.32 Å². The topological polar surface area (TPSA) is 35.8 Å². The van der Waals surface area contributed by atoms with Gasteiger partial charge >= 0.3 is 0 Å². The molecule has 0 saturated heterocycles. The third kappa shape index (κ3) is 2.80. The van der Waals surface area contributed by atoms with Gasteiger partial charge in [-0.05, 0) is 37.1 Å². The molecule has 1 aliphatic carbocycles. The molecule has 1 aromatic heterocycles. The Morgan fingerprint density at radius 2 is 2.47 bits per heavy atom. The number of nitrogens with one attached hydrogen (secondary N) is 1. The van der Waals surface area contributed by atoms with Gasteiger partial charge in [-0.25, -0.2) is 0 Å². The molecule has 80 valence electrons. The summed E-state index contributed by atoms with van der Waals surface area (Å²) in [6.07, 6.45) is 2.66. The molecule has 2 nitrogen and oxygen atoms in total. The fourth-order valence-corrected chi connectivity index (χ4v) is 2.64. The van der Waals surface area contributed by atoms with Gasteiger partial charge in [-0.15, -0.1) is 11.3 Å². The maximum absolute atomic E-state index is 8.75. The van der Waals surface area contributed by atoms with E-state index in [2.05, 4.69) is 28.9 Å². The minimum Gasteiger partial charge on any atom is -0.308 e. The Balaban J connectivity index is 1.93. The van der Waals surface area contributed by atoms with Gasteiger partial charge < -0.3 is 5.32 Å². The summed E-state index contributed by atoms with van der Waals surface area (Å²) in [5.41, 5.74) is 0. The summed E-state index contributed by atoms with van der Waals surface area (Å²) in [6, 6.07) is 7.05. The minimum atomic E-state index is 0.103. The molecule has 0 bridgehead atoms. The largest absolute Gasteiger partial charge is 0.308 e. The standard InChI is InChI=1S/C12H16N2S/c1-9(7-13)8-14-12(10-4-5-10)11-3-2-6-15-11/h2-3,6,9-10,12,14H,4-5,8H2,1H3. The molecule has 0 amide bonds. The van der Waals surface area contributed by atoms with Crippen LogP contribution in [-0.4, -0.2) is 6.54 Å². The van der Waals surface area contributed by atoms with Crippen LogP contribution in [0.25, 0.3) is 0 Å². The summed E-state index contributed by atoms with van der Waals surface area (Å²) >= 11 is 1.81. The summed E-state index contributed by atoms with van der Waals surface area (Å²) in [6.45, 7) is 2.76. The molecule has 0 spiro atoms. The lowest BCUT2D eigenvalue weighted by Crippen LogP contribution is -2.26. The summed E-state index contributed by atoms with van der Waals surface area (Å²) in [5.74, 6) is 0.903. The van der Waals surface area contributed by atoms with E-state index in [1.807, 2.05) is 18.3 Å². The third-order valence-corrected chi connectivity index (χ3v) is 3.76. The quantitative estimate of drug-likeness (QED) is 0.828. The molecule has 1 aromatic rings. The summed E-state index contributed by atoms with van der Waals surface area (Å²) in [4.78, 5) is 1.42. The molecule has 1 fully saturated rings. The maximum atomic E-state index is 8.75. The zero-order valence-corrected chi connectivity index (χ0v) is 9.76. The Morgan fingerprint density at radius 3 is 3.00 bits per heavy atom. The van der Waals surface area contributed by atoms with Crippen LogP contribution in [0.1, 0.15) is 30.7 Å². The number of nitrogens with zero attached hydrogens (tertiary/aromatic N) is 1. The lowest BCUT2D eigenvalue weighted by molar-refractivity contribution is 0.463. The van der Waals surface area contributed by atoms with E-state index < -0.39 is 0 Å². The molecule has 3 heteroatoms. The highest BCUT2D eigenvalue weighted by Crippen LogP contribution is 2.42. The van der Waals surface area contributed by atoms with E-state index in [0.29, 0.717) is 6.04 Å². The Labute approximate surface area is 94.9 Å². The maximum Gasteiger partial charge on any atom is 0.0666 e. The molecule has 1 heterocycles. The third-order valence-electron chi connectivity index (χ3n) is 2.81. The van der Waals surface area contributed by atoms with Crippen molar-refractivity contribution in [1.82, 2.24) is 5.32 Å². The first kappa shape index (κ1) is 10.7. The van der Waals surface area contributed by atoms with Gasteiger partial charge in [0.15, 0.2) is 0 Å². The van der Waals surface area contributed by atoms with Gasteiger partial charge in [0.25, 0.3) is 0 Å². The second-order valence-corrected chi connectivity index (χ2v) is 5.25. The highest BCUT2D eigenvalue weighted by Gasteiger charge is 2.32. The molecule has 1 saturated carbocycles. The number of hydrogen-bond acceptors (Lipinski definition) is 3. The molecule has 15 heavy (non-hydrogen) atoms. The number of rotatable bonds is 5. The average Bonchev–Trinajstić information content (AvgIpc) is 2.94. The zero-order chi connectivity index (χ0) is 10.7. The second-order valence-electron chi connectivity index (χ2n) is 4.27. The number of thiophene rings is 1. The van der Waals surface area contributed by atoms with E-state index in [1.165, 1.54) is 17.7 Å². The minimum absolute atomic E-state index is 0.103. The van der Waals surface area contributed by atoms with Crippen molar-refractivity contribution in [1.29, 1.82) is 5.26 Å². The van der Waals surface area contributed by atoms with Crippen LogP contribution in [0.5, 0.6) is 0 Å². The van der Waals surface area contributed by atoms with Gasteiger partial charge in [0.05, 0.1) is 12.0 Å². The SMILES string of the molecule is CC(C#N)CNC(c1cccs1)C1CC1. The predicted molar refractivity (Wildman–Crippen MR) is 62.6 cm³/mol. The Hall–Kier alpha value is -0.850. The van der Waals surface area contributed by atoms with Crippen molar-refractivity contribution in [3.05, 3.63) is 22.4 Å². The normalized spacial score (nSPS) is 19.5. The van der Waals surface area contributed by atoms with Gasteiger partial charge in [0, 0.05) is 17.5 Å². The van der Waals surface area contributed by atoms with Crippen LogP contribution in [-0.2, 0) is 0 Å². The Kier molecular flexibility index (Phi) is 3.40. The van der Waals surface area contributed by atoms with Crippen LogP contribution in [0, 0.1) is 23.2 Å². The molecule has 2 rings (SSSR count). The predicted octanol–water partition coefficient (Wildman–Crippen LogP) is 2.95. The van der Waals surface area contributed by atoms with Crippen LogP contribution in [0.3, 0.4) is 0 Å². The highest BCUT2D eigenvalue weighted by atomic mass is 32.1. The average molecular weight is 220 g/mol. The van der Waals surface area contributed by atoms with Crippen LogP contribution >= 0.6 is 11.3 Å². The molecular weight excluding hydrogens is 204 g/mol. The van der Waals surface area contributed by atoms with Crippen molar-refractivity contribution in [2.45, 2.75) is 25.8 Å². The first-order valence-corrected chi connectivity index (χ1v) is 6.35.